The van der Waals surface area contributed by atoms with E-state index >= 15 is 0 Å². The van der Waals surface area contributed by atoms with E-state index in [-0.39, 0.29) is 11.7 Å². The smallest absolute Gasteiger partial charge is 0.177 e. The number of nitrogens with zero attached hydrogens (tertiary/aromatic N) is 2. The van der Waals surface area contributed by atoms with Crippen LogP contribution in [0.5, 0.6) is 5.75 Å². The lowest BCUT2D eigenvalue weighted by Crippen LogP contribution is -2.02. The molecule has 0 bridgehead atoms. The Morgan fingerprint density at radius 2 is 1.86 bits per heavy atom. The number of imidazole rings is 1. The molecule has 0 radical (unpaired) electrons. The van der Waals surface area contributed by atoms with Crippen LogP contribution >= 0.6 is 11.6 Å². The summed E-state index contributed by atoms with van der Waals surface area (Å²) in [7, 11) is 0. The normalized spacial score (nSPS) is 12.2. The van der Waals surface area contributed by atoms with E-state index in [1.165, 1.54) is 12.1 Å². The molecule has 4 aromatic rings. The molecule has 0 saturated heterocycles. The van der Waals surface area contributed by atoms with Crippen molar-refractivity contribution in [2.45, 2.75) is 25.9 Å². The SMILES string of the molecule is CCC(c1ccc(OCc2ccc(F)cc2)cc1)c1nc2ncc(Cl)cc2[nH]1. The number of benzene rings is 2. The van der Waals surface area contributed by atoms with Crippen LogP contribution < -0.4 is 4.74 Å². The largest absolute Gasteiger partial charge is 0.489 e. The lowest BCUT2D eigenvalue weighted by Gasteiger charge is -2.14. The molecule has 0 fully saturated rings. The Bertz CT molecular complexity index is 1080. The molecule has 0 aliphatic carbocycles. The first-order chi connectivity index (χ1) is 13.6. The van der Waals surface area contributed by atoms with Crippen LogP contribution in [-0.4, -0.2) is 15.0 Å². The second-order valence-corrected chi connectivity index (χ2v) is 7.03. The highest BCUT2D eigenvalue weighted by atomic mass is 35.5. The summed E-state index contributed by atoms with van der Waals surface area (Å²) >= 11 is 6.01. The van der Waals surface area contributed by atoms with Gasteiger partial charge in [0, 0.05) is 12.1 Å². The van der Waals surface area contributed by atoms with Gasteiger partial charge in [-0.1, -0.05) is 42.8 Å². The molecule has 2 heterocycles. The molecule has 0 aliphatic heterocycles. The second-order valence-electron chi connectivity index (χ2n) is 6.59. The highest BCUT2D eigenvalue weighted by molar-refractivity contribution is 6.31. The number of fused-ring (bicyclic) bond motifs is 1. The molecular formula is C22H19ClFN3O. The summed E-state index contributed by atoms with van der Waals surface area (Å²) in [6.45, 7) is 2.52. The van der Waals surface area contributed by atoms with E-state index in [0.29, 0.717) is 17.3 Å². The number of ether oxygens (including phenoxy) is 1. The van der Waals surface area contributed by atoms with Gasteiger partial charge in [0.1, 0.15) is 24.0 Å². The summed E-state index contributed by atoms with van der Waals surface area (Å²) in [5.74, 6) is 1.51. The average Bonchev–Trinajstić information content (AvgIpc) is 3.12. The Morgan fingerprint density at radius 3 is 2.57 bits per heavy atom. The maximum atomic E-state index is 13.0. The highest BCUT2D eigenvalue weighted by Gasteiger charge is 2.17. The standard InChI is InChI=1S/C22H19ClFN3O/c1-2-19(21-26-20-11-16(23)12-25-22(20)27-21)15-5-9-18(10-6-15)28-13-14-3-7-17(24)8-4-14/h3-12,19H,2,13H2,1H3,(H,25,26,27). The number of rotatable bonds is 6. The molecule has 1 atom stereocenters. The summed E-state index contributed by atoms with van der Waals surface area (Å²) in [6.07, 6.45) is 2.49. The predicted molar refractivity (Wildman–Crippen MR) is 108 cm³/mol. The van der Waals surface area contributed by atoms with Crippen LogP contribution in [0.3, 0.4) is 0 Å². The minimum atomic E-state index is -0.248. The molecule has 2 aromatic carbocycles. The number of aromatic amines is 1. The van der Waals surface area contributed by atoms with E-state index in [9.17, 15) is 4.39 Å². The maximum Gasteiger partial charge on any atom is 0.177 e. The molecule has 0 amide bonds. The molecule has 142 valence electrons. The van der Waals surface area contributed by atoms with Crippen molar-refractivity contribution in [3.63, 3.8) is 0 Å². The van der Waals surface area contributed by atoms with E-state index in [4.69, 9.17) is 16.3 Å². The molecule has 6 heteroatoms. The topological polar surface area (TPSA) is 50.8 Å². The molecular weight excluding hydrogens is 377 g/mol. The first-order valence-corrected chi connectivity index (χ1v) is 9.48. The van der Waals surface area contributed by atoms with Crippen molar-refractivity contribution in [1.29, 1.82) is 0 Å². The third kappa shape index (κ3) is 3.99. The number of hydrogen-bond acceptors (Lipinski definition) is 3. The molecule has 28 heavy (non-hydrogen) atoms. The first-order valence-electron chi connectivity index (χ1n) is 9.10. The van der Waals surface area contributed by atoms with E-state index in [0.717, 1.165) is 34.6 Å². The molecule has 2 aromatic heterocycles. The summed E-state index contributed by atoms with van der Waals surface area (Å²) in [5, 5.41) is 0.582. The van der Waals surface area contributed by atoms with Crippen molar-refractivity contribution < 1.29 is 9.13 Å². The van der Waals surface area contributed by atoms with Gasteiger partial charge in [-0.15, -0.1) is 0 Å². The van der Waals surface area contributed by atoms with Gasteiger partial charge in [0.15, 0.2) is 5.65 Å². The molecule has 0 spiro atoms. The van der Waals surface area contributed by atoms with Crippen LogP contribution in [-0.2, 0) is 6.61 Å². The molecule has 1 N–H and O–H groups in total. The zero-order valence-corrected chi connectivity index (χ0v) is 16.1. The number of halogens is 2. The van der Waals surface area contributed by atoms with Crippen molar-refractivity contribution in [2.24, 2.45) is 0 Å². The van der Waals surface area contributed by atoms with Crippen LogP contribution in [0.2, 0.25) is 5.02 Å². The van der Waals surface area contributed by atoms with Crippen LogP contribution in [0.25, 0.3) is 11.2 Å². The van der Waals surface area contributed by atoms with Crippen molar-refractivity contribution in [3.05, 3.63) is 88.6 Å². The average molecular weight is 396 g/mol. The van der Waals surface area contributed by atoms with Crippen molar-refractivity contribution in [2.75, 3.05) is 0 Å². The summed E-state index contributed by atoms with van der Waals surface area (Å²) in [4.78, 5) is 12.2. The minimum Gasteiger partial charge on any atom is -0.489 e. The predicted octanol–water partition coefficient (Wildman–Crippen LogP) is 5.87. The summed E-state index contributed by atoms with van der Waals surface area (Å²) < 4.78 is 18.8. The molecule has 0 aliphatic rings. The highest BCUT2D eigenvalue weighted by Crippen LogP contribution is 2.29. The monoisotopic (exact) mass is 395 g/mol. The Hall–Kier alpha value is -2.92. The van der Waals surface area contributed by atoms with Gasteiger partial charge in [0.2, 0.25) is 0 Å². The molecule has 0 saturated carbocycles. The maximum absolute atomic E-state index is 13.0. The Balaban J connectivity index is 1.49. The van der Waals surface area contributed by atoms with Gasteiger partial charge in [-0.3, -0.25) is 0 Å². The van der Waals surface area contributed by atoms with Gasteiger partial charge in [0.05, 0.1) is 10.5 Å². The fourth-order valence-electron chi connectivity index (χ4n) is 3.19. The van der Waals surface area contributed by atoms with Gasteiger partial charge >= 0.3 is 0 Å². The van der Waals surface area contributed by atoms with E-state index in [1.807, 2.05) is 30.3 Å². The van der Waals surface area contributed by atoms with E-state index in [1.54, 1.807) is 18.3 Å². The molecule has 1 unspecified atom stereocenters. The van der Waals surface area contributed by atoms with Gasteiger partial charge in [-0.25, -0.2) is 14.4 Å². The Morgan fingerprint density at radius 1 is 1.11 bits per heavy atom. The fraction of sp³-hybridized carbons (Fsp3) is 0.182. The van der Waals surface area contributed by atoms with Gasteiger partial charge in [-0.05, 0) is 47.9 Å². The molecule has 4 nitrogen and oxygen atoms in total. The fourth-order valence-corrected chi connectivity index (χ4v) is 3.35. The quantitative estimate of drug-likeness (QED) is 0.444. The lowest BCUT2D eigenvalue weighted by molar-refractivity contribution is 0.306. The van der Waals surface area contributed by atoms with Crippen molar-refractivity contribution in [3.8, 4) is 5.75 Å². The number of H-pyrrole nitrogens is 1. The number of aromatic nitrogens is 3. The van der Waals surface area contributed by atoms with Gasteiger partial charge in [0.25, 0.3) is 0 Å². The third-order valence-electron chi connectivity index (χ3n) is 4.66. The zero-order valence-electron chi connectivity index (χ0n) is 15.3. The number of nitrogens with one attached hydrogen (secondary N) is 1. The molecule has 4 rings (SSSR count). The second kappa shape index (κ2) is 7.98. The van der Waals surface area contributed by atoms with Gasteiger partial charge in [-0.2, -0.15) is 0 Å². The van der Waals surface area contributed by atoms with Crippen LogP contribution in [0.1, 0.15) is 36.2 Å². The van der Waals surface area contributed by atoms with Gasteiger partial charge < -0.3 is 9.72 Å². The van der Waals surface area contributed by atoms with Crippen LogP contribution in [0.15, 0.2) is 60.8 Å². The summed E-state index contributed by atoms with van der Waals surface area (Å²) in [5.41, 5.74) is 3.56. The first kappa shape index (κ1) is 18.4. The number of pyridine rings is 1. The van der Waals surface area contributed by atoms with Crippen LogP contribution in [0.4, 0.5) is 4.39 Å². The van der Waals surface area contributed by atoms with Crippen molar-refractivity contribution >= 4 is 22.8 Å². The van der Waals surface area contributed by atoms with Crippen LogP contribution in [0, 0.1) is 5.82 Å². The Kier molecular flexibility index (Phi) is 5.26. The minimum absolute atomic E-state index is 0.124. The number of hydrogen-bond donors (Lipinski definition) is 1. The summed E-state index contributed by atoms with van der Waals surface area (Å²) in [6, 6.07) is 16.1. The lowest BCUT2D eigenvalue weighted by atomic mass is 9.96. The third-order valence-corrected chi connectivity index (χ3v) is 4.87. The van der Waals surface area contributed by atoms with E-state index < -0.39 is 0 Å². The van der Waals surface area contributed by atoms with Crippen molar-refractivity contribution in [1.82, 2.24) is 15.0 Å². The zero-order chi connectivity index (χ0) is 19.5. The van der Waals surface area contributed by atoms with E-state index in [2.05, 4.69) is 21.9 Å². The Labute approximate surface area is 167 Å².